The van der Waals surface area contributed by atoms with Crippen LogP contribution in [0.1, 0.15) is 134 Å². The van der Waals surface area contributed by atoms with E-state index in [-0.39, 0.29) is 36.7 Å². The van der Waals surface area contributed by atoms with E-state index in [0.29, 0.717) is 42.1 Å². The molecule has 1 aromatic rings. The van der Waals surface area contributed by atoms with Crippen molar-refractivity contribution in [2.75, 3.05) is 47.8 Å². The van der Waals surface area contributed by atoms with Crippen LogP contribution in [-0.4, -0.2) is 163 Å². The first-order valence-electron chi connectivity index (χ1n) is 26.5. The average molecular weight is 1090 g/mol. The summed E-state index contributed by atoms with van der Waals surface area (Å²) in [6.45, 7) is 20.4. The van der Waals surface area contributed by atoms with Crippen molar-refractivity contribution in [3.05, 3.63) is 58.1 Å². The summed E-state index contributed by atoms with van der Waals surface area (Å²) in [6, 6.07) is 3.12. The van der Waals surface area contributed by atoms with Crippen LogP contribution in [0.5, 0.6) is 0 Å². The molecule has 2 rings (SSSR count). The standard InChI is InChI=1S/C56H88ClN7O12/c1-17-35(5)47-50(68)60-56(11,12)54(72)76-48(36(6)18-2)38(8)44(75-55(73)62(14)30-22-20-19-21-29-61(13)40(10)65)28-23-37(7)53(71)74-45(31-34(3)4)49(67)58-39(9)51(69)64(16)43(32-41-24-26-42(57)27-25-41)52(70)63(15)33-46(66)59-47/h18,23-27,34-35,38-39,43-45,47-48H,17,19-22,28-33H2,1-16H3,(H,58,67)(H,59,66)(H,60,68)/b36-18+,37-23-/t35-,38+,39+,43-,44+,45+,47+,48-/m1/s1. The highest BCUT2D eigenvalue weighted by atomic mass is 35.5. The van der Waals surface area contributed by atoms with Gasteiger partial charge in [-0.25, -0.2) is 14.4 Å². The Morgan fingerprint density at radius 2 is 1.47 bits per heavy atom. The van der Waals surface area contributed by atoms with E-state index >= 15 is 0 Å². The SMILES string of the molecule is C/C=C(\C)[C@H]1OC(=O)C(C)(C)NC(=O)[C@H]([C@H](C)CC)NC(=O)CN(C)C(=O)[C@@H](Cc2ccc(Cl)cc2)N(C)C(=O)[C@H](C)NC(=O)[C@H](CC(C)C)OC(=O)/C(C)=C\C[C@H](OC(=O)N(C)CCCCCCN(C)C(C)=O)[C@@H]1C. The summed E-state index contributed by atoms with van der Waals surface area (Å²) < 4.78 is 18.3. The molecule has 19 nitrogen and oxygen atoms in total. The van der Waals surface area contributed by atoms with Crippen LogP contribution in [-0.2, 0) is 59.0 Å². The maximum atomic E-state index is 14.4. The molecule has 1 aromatic carbocycles. The number of esters is 2. The number of nitrogens with zero attached hydrogens (tertiary/aromatic N) is 4. The van der Waals surface area contributed by atoms with E-state index in [1.807, 2.05) is 20.8 Å². The maximum Gasteiger partial charge on any atom is 0.409 e. The number of benzene rings is 1. The van der Waals surface area contributed by atoms with Gasteiger partial charge in [0.15, 0.2) is 6.10 Å². The Labute approximate surface area is 456 Å². The van der Waals surface area contributed by atoms with Gasteiger partial charge in [-0.1, -0.05) is 89.8 Å². The van der Waals surface area contributed by atoms with Gasteiger partial charge in [0.05, 0.1) is 6.54 Å². The minimum absolute atomic E-state index is 0.000215. The van der Waals surface area contributed by atoms with E-state index in [0.717, 1.165) is 24.2 Å². The number of halogens is 1. The third-order valence-corrected chi connectivity index (χ3v) is 14.2. The zero-order valence-corrected chi connectivity index (χ0v) is 48.8. The molecule has 1 aliphatic rings. The highest BCUT2D eigenvalue weighted by Crippen LogP contribution is 2.28. The lowest BCUT2D eigenvalue weighted by molar-refractivity contribution is -0.160. The number of amides is 7. The van der Waals surface area contributed by atoms with Gasteiger partial charge in [0.1, 0.15) is 35.9 Å². The number of hydrogen-bond acceptors (Lipinski definition) is 12. The van der Waals surface area contributed by atoms with Gasteiger partial charge in [-0.3, -0.25) is 28.8 Å². The second kappa shape index (κ2) is 31.3. The molecule has 8 atom stereocenters. The third kappa shape index (κ3) is 20.9. The van der Waals surface area contributed by atoms with Crippen molar-refractivity contribution >= 4 is 65.1 Å². The van der Waals surface area contributed by atoms with Gasteiger partial charge < -0.3 is 49.8 Å². The van der Waals surface area contributed by atoms with Crippen LogP contribution in [0.3, 0.4) is 0 Å². The Balaban J connectivity index is 2.72. The third-order valence-electron chi connectivity index (χ3n) is 13.9. The fourth-order valence-electron chi connectivity index (χ4n) is 8.33. The Bertz CT molecular complexity index is 2230. The number of nitrogens with one attached hydrogen (secondary N) is 3. The molecule has 0 saturated heterocycles. The number of rotatable bonds is 15. The second-order valence-electron chi connectivity index (χ2n) is 21.3. The minimum atomic E-state index is -1.67. The smallest absolute Gasteiger partial charge is 0.409 e. The Kier molecular flexibility index (Phi) is 27.2. The van der Waals surface area contributed by atoms with Crippen LogP contribution in [0.25, 0.3) is 0 Å². The molecule has 7 amide bonds. The molecule has 0 aromatic heterocycles. The topological polar surface area (TPSA) is 230 Å². The zero-order valence-electron chi connectivity index (χ0n) is 48.0. The van der Waals surface area contributed by atoms with Gasteiger partial charge in [0, 0.05) is 77.6 Å². The van der Waals surface area contributed by atoms with Gasteiger partial charge in [0.2, 0.25) is 29.5 Å². The molecule has 76 heavy (non-hydrogen) atoms. The molecule has 20 heteroatoms. The number of carbonyl (C=O) groups excluding carboxylic acids is 9. The molecule has 0 unspecified atom stereocenters. The van der Waals surface area contributed by atoms with Gasteiger partial charge in [-0.15, -0.1) is 0 Å². The maximum absolute atomic E-state index is 14.4. The molecule has 0 spiro atoms. The van der Waals surface area contributed by atoms with E-state index in [1.54, 1.807) is 77.0 Å². The number of hydrogen-bond donors (Lipinski definition) is 3. The van der Waals surface area contributed by atoms with Gasteiger partial charge in [-0.05, 0) is 95.9 Å². The lowest BCUT2D eigenvalue weighted by atomic mass is 9.90. The van der Waals surface area contributed by atoms with Crippen molar-refractivity contribution in [1.82, 2.24) is 35.6 Å². The molecular weight excluding hydrogens is 998 g/mol. The van der Waals surface area contributed by atoms with Gasteiger partial charge in [-0.2, -0.15) is 0 Å². The first kappa shape index (κ1) is 66.1. The summed E-state index contributed by atoms with van der Waals surface area (Å²) in [5, 5.41) is 8.66. The fraction of sp³-hybridized carbons (Fsp3) is 0.661. The number of unbranched alkanes of at least 4 members (excludes halogenated alkanes) is 3. The summed E-state index contributed by atoms with van der Waals surface area (Å²) in [5.41, 5.74) is -0.347. The summed E-state index contributed by atoms with van der Waals surface area (Å²) in [5.74, 6) is -6.42. The fourth-order valence-corrected chi connectivity index (χ4v) is 8.45. The van der Waals surface area contributed by atoms with Crippen molar-refractivity contribution in [2.24, 2.45) is 17.8 Å². The molecule has 0 saturated carbocycles. The normalized spacial score (nSPS) is 24.6. The number of carbonyl (C=O) groups is 9. The van der Waals surface area contributed by atoms with Crippen molar-refractivity contribution in [3.63, 3.8) is 0 Å². The van der Waals surface area contributed by atoms with Crippen LogP contribution < -0.4 is 16.0 Å². The number of cyclic esters (lactones) is 2. The predicted octanol–water partition coefficient (Wildman–Crippen LogP) is 6.40. The summed E-state index contributed by atoms with van der Waals surface area (Å²) in [7, 11) is 6.16. The summed E-state index contributed by atoms with van der Waals surface area (Å²) in [6.07, 6.45) is 2.84. The Morgan fingerprint density at radius 1 is 0.882 bits per heavy atom. The van der Waals surface area contributed by atoms with Crippen LogP contribution >= 0.6 is 11.6 Å². The largest absolute Gasteiger partial charge is 0.456 e. The van der Waals surface area contributed by atoms with E-state index < -0.39 is 108 Å². The zero-order chi connectivity index (χ0) is 57.8. The lowest BCUT2D eigenvalue weighted by Crippen LogP contribution is -2.60. The van der Waals surface area contributed by atoms with Crippen LogP contribution in [0.4, 0.5) is 4.79 Å². The quantitative estimate of drug-likeness (QED) is 0.0751. The van der Waals surface area contributed by atoms with Crippen molar-refractivity contribution in [1.29, 1.82) is 0 Å². The Hall–Kier alpha value is -5.98. The first-order valence-corrected chi connectivity index (χ1v) is 26.9. The molecule has 0 fully saturated rings. The molecule has 0 radical (unpaired) electrons. The highest BCUT2D eigenvalue weighted by Gasteiger charge is 2.41. The van der Waals surface area contributed by atoms with Crippen molar-refractivity contribution in [3.8, 4) is 0 Å². The van der Waals surface area contributed by atoms with Crippen LogP contribution in [0.2, 0.25) is 5.02 Å². The van der Waals surface area contributed by atoms with Gasteiger partial charge >= 0.3 is 18.0 Å². The molecule has 0 bridgehead atoms. The first-order chi connectivity index (χ1) is 35.4. The molecule has 1 aliphatic heterocycles. The molecule has 0 aliphatic carbocycles. The molecule has 426 valence electrons. The van der Waals surface area contributed by atoms with E-state index in [1.165, 1.54) is 64.6 Å². The molecular formula is C56H88ClN7O12. The molecule has 1 heterocycles. The van der Waals surface area contributed by atoms with Gasteiger partial charge in [0.25, 0.3) is 5.91 Å². The van der Waals surface area contributed by atoms with Crippen molar-refractivity contribution < 1.29 is 57.4 Å². The van der Waals surface area contributed by atoms with Crippen LogP contribution in [0.15, 0.2) is 47.6 Å². The van der Waals surface area contributed by atoms with Crippen LogP contribution in [0, 0.1) is 17.8 Å². The average Bonchev–Trinajstić information content (AvgIpc) is 3.36. The minimum Gasteiger partial charge on any atom is -0.456 e. The Morgan fingerprint density at radius 3 is 2.03 bits per heavy atom. The highest BCUT2D eigenvalue weighted by molar-refractivity contribution is 6.30. The van der Waals surface area contributed by atoms with E-state index in [2.05, 4.69) is 16.0 Å². The van der Waals surface area contributed by atoms with E-state index in [4.69, 9.17) is 25.8 Å². The number of ether oxygens (including phenoxy) is 3. The van der Waals surface area contributed by atoms with Crippen molar-refractivity contribution in [2.45, 2.75) is 176 Å². The lowest BCUT2D eigenvalue weighted by Gasteiger charge is -2.35. The summed E-state index contributed by atoms with van der Waals surface area (Å²) in [4.78, 5) is 130. The van der Waals surface area contributed by atoms with E-state index in [9.17, 15) is 43.2 Å². The number of likely N-dealkylation sites (N-methyl/N-ethyl adjacent to an activating group) is 2. The summed E-state index contributed by atoms with van der Waals surface area (Å²) >= 11 is 6.16. The monoisotopic (exact) mass is 1090 g/mol. The second-order valence-corrected chi connectivity index (χ2v) is 21.8. The molecule has 3 N–H and O–H groups in total. The predicted molar refractivity (Wildman–Crippen MR) is 291 cm³/mol. The number of allylic oxidation sites excluding steroid dienone is 1.